The minimum Gasteiger partial charge on any atom is -0.495 e. The van der Waals surface area contributed by atoms with Gasteiger partial charge in [-0.1, -0.05) is 28.1 Å². The molecule has 0 aliphatic heterocycles. The fourth-order valence-corrected chi connectivity index (χ4v) is 2.53. The summed E-state index contributed by atoms with van der Waals surface area (Å²) in [7, 11) is 1.56. The molecule has 1 amide bonds. The van der Waals surface area contributed by atoms with E-state index in [1.807, 2.05) is 29.6 Å². The second-order valence-corrected chi connectivity index (χ2v) is 5.46. The summed E-state index contributed by atoms with van der Waals surface area (Å²) >= 11 is 4.75. The van der Waals surface area contributed by atoms with E-state index in [-0.39, 0.29) is 5.91 Å². The van der Waals surface area contributed by atoms with E-state index in [1.54, 1.807) is 13.2 Å². The van der Waals surface area contributed by atoms with Crippen molar-refractivity contribution in [2.75, 3.05) is 7.11 Å². The van der Waals surface area contributed by atoms with Gasteiger partial charge in [-0.15, -0.1) is 11.3 Å². The largest absolute Gasteiger partial charge is 0.495 e. The van der Waals surface area contributed by atoms with Crippen LogP contribution in [0.5, 0.6) is 5.75 Å². The normalized spacial score (nSPS) is 10.1. The Morgan fingerprint density at radius 3 is 2.72 bits per heavy atom. The van der Waals surface area contributed by atoms with Crippen LogP contribution < -0.4 is 10.1 Å². The Morgan fingerprint density at radius 2 is 2.06 bits per heavy atom. The number of nitrogens with one attached hydrogen (secondary N) is 1. The maximum absolute atomic E-state index is 11.9. The van der Waals surface area contributed by atoms with Gasteiger partial charge in [-0.25, -0.2) is 0 Å². The first-order chi connectivity index (χ1) is 8.70. The van der Waals surface area contributed by atoms with E-state index >= 15 is 0 Å². The summed E-state index contributed by atoms with van der Waals surface area (Å²) in [4.78, 5) is 12.5. The number of ether oxygens (including phenoxy) is 1. The van der Waals surface area contributed by atoms with Crippen molar-refractivity contribution in [3.8, 4) is 5.75 Å². The van der Waals surface area contributed by atoms with Gasteiger partial charge in [0.05, 0.1) is 7.11 Å². The molecule has 0 aliphatic rings. The van der Waals surface area contributed by atoms with Crippen LogP contribution in [-0.4, -0.2) is 13.0 Å². The van der Waals surface area contributed by atoms with Crippen LogP contribution in [0.3, 0.4) is 0 Å². The van der Waals surface area contributed by atoms with Crippen molar-refractivity contribution < 1.29 is 9.53 Å². The highest BCUT2D eigenvalue weighted by atomic mass is 79.9. The van der Waals surface area contributed by atoms with Gasteiger partial charge in [-0.2, -0.15) is 0 Å². The Hall–Kier alpha value is -1.33. The smallest absolute Gasteiger partial charge is 0.265 e. The number of hydrogen-bond acceptors (Lipinski definition) is 3. The van der Waals surface area contributed by atoms with E-state index in [2.05, 4.69) is 21.2 Å². The lowest BCUT2D eigenvalue weighted by Gasteiger charge is -2.05. The third kappa shape index (κ3) is 3.11. The van der Waals surface area contributed by atoms with Crippen LogP contribution in [0.4, 0.5) is 0 Å². The molecular formula is C13H12BrNO2S. The van der Waals surface area contributed by atoms with Gasteiger partial charge >= 0.3 is 0 Å². The van der Waals surface area contributed by atoms with E-state index in [0.29, 0.717) is 17.2 Å². The highest BCUT2D eigenvalue weighted by Gasteiger charge is 2.13. The van der Waals surface area contributed by atoms with E-state index in [4.69, 9.17) is 4.74 Å². The van der Waals surface area contributed by atoms with Gasteiger partial charge in [-0.05, 0) is 29.1 Å². The Bertz CT molecular complexity index is 536. The van der Waals surface area contributed by atoms with E-state index in [0.717, 1.165) is 10.0 Å². The summed E-state index contributed by atoms with van der Waals surface area (Å²) in [5.41, 5.74) is 1.06. The molecule has 0 unspecified atom stereocenters. The molecule has 2 rings (SSSR count). The Kier molecular flexibility index (Phi) is 4.38. The number of thiophene rings is 1. The summed E-state index contributed by atoms with van der Waals surface area (Å²) in [6.45, 7) is 0.507. The first-order valence-corrected chi connectivity index (χ1v) is 7.02. The monoisotopic (exact) mass is 325 g/mol. The summed E-state index contributed by atoms with van der Waals surface area (Å²) in [5.74, 6) is 0.512. The predicted octanol–water partition coefficient (Wildman–Crippen LogP) is 3.45. The molecule has 1 aromatic carbocycles. The molecule has 1 aromatic heterocycles. The quantitative estimate of drug-likeness (QED) is 0.935. The average Bonchev–Trinajstić information content (AvgIpc) is 2.86. The van der Waals surface area contributed by atoms with Crippen LogP contribution in [0.2, 0.25) is 0 Å². The van der Waals surface area contributed by atoms with Crippen molar-refractivity contribution in [3.63, 3.8) is 0 Å². The molecule has 0 radical (unpaired) electrons. The van der Waals surface area contributed by atoms with Crippen LogP contribution in [0.15, 0.2) is 40.2 Å². The van der Waals surface area contributed by atoms with Gasteiger partial charge in [0.15, 0.2) is 0 Å². The summed E-state index contributed by atoms with van der Waals surface area (Å²) in [6, 6.07) is 9.63. The van der Waals surface area contributed by atoms with Gasteiger partial charge < -0.3 is 10.1 Å². The number of carbonyl (C=O) groups excluding carboxylic acids is 1. The number of carbonyl (C=O) groups is 1. The molecule has 1 N–H and O–H groups in total. The van der Waals surface area contributed by atoms with Crippen molar-refractivity contribution in [1.82, 2.24) is 5.32 Å². The van der Waals surface area contributed by atoms with Crippen molar-refractivity contribution in [1.29, 1.82) is 0 Å². The minimum atomic E-state index is -0.107. The lowest BCUT2D eigenvalue weighted by Crippen LogP contribution is -2.22. The van der Waals surface area contributed by atoms with Crippen LogP contribution in [0.25, 0.3) is 0 Å². The van der Waals surface area contributed by atoms with Crippen molar-refractivity contribution >= 4 is 33.2 Å². The third-order valence-corrected chi connectivity index (χ3v) is 3.84. The lowest BCUT2D eigenvalue weighted by molar-refractivity contribution is 0.0952. The van der Waals surface area contributed by atoms with E-state index in [9.17, 15) is 4.79 Å². The van der Waals surface area contributed by atoms with Crippen molar-refractivity contribution in [3.05, 3.63) is 50.6 Å². The molecule has 0 atom stereocenters. The molecular weight excluding hydrogens is 314 g/mol. The molecule has 18 heavy (non-hydrogen) atoms. The number of hydrogen-bond donors (Lipinski definition) is 1. The maximum Gasteiger partial charge on any atom is 0.265 e. The van der Waals surface area contributed by atoms with Gasteiger partial charge in [0.2, 0.25) is 0 Å². The average molecular weight is 326 g/mol. The zero-order valence-electron chi connectivity index (χ0n) is 9.77. The first kappa shape index (κ1) is 13.1. The Labute approximate surface area is 118 Å². The van der Waals surface area contributed by atoms with E-state index in [1.165, 1.54) is 11.3 Å². The molecule has 0 bridgehead atoms. The molecule has 5 heteroatoms. The molecule has 0 saturated carbocycles. The fraction of sp³-hybridized carbons (Fsp3) is 0.154. The highest BCUT2D eigenvalue weighted by molar-refractivity contribution is 9.10. The number of benzene rings is 1. The molecule has 0 fully saturated rings. The lowest BCUT2D eigenvalue weighted by atomic mass is 10.2. The van der Waals surface area contributed by atoms with E-state index < -0.39 is 0 Å². The Balaban J connectivity index is 1.98. The number of amides is 1. The van der Waals surface area contributed by atoms with Crippen LogP contribution in [0.1, 0.15) is 15.2 Å². The fourth-order valence-electron chi connectivity index (χ4n) is 1.49. The third-order valence-electron chi connectivity index (χ3n) is 2.42. The predicted molar refractivity (Wildman–Crippen MR) is 76.2 cm³/mol. The number of rotatable bonds is 4. The zero-order chi connectivity index (χ0) is 13.0. The first-order valence-electron chi connectivity index (χ1n) is 5.35. The molecule has 0 aliphatic carbocycles. The maximum atomic E-state index is 11.9. The zero-order valence-corrected chi connectivity index (χ0v) is 12.2. The van der Waals surface area contributed by atoms with Gasteiger partial charge in [-0.3, -0.25) is 4.79 Å². The number of halogens is 1. The second kappa shape index (κ2) is 6.02. The number of methoxy groups -OCH3 is 1. The Morgan fingerprint density at radius 1 is 1.33 bits per heavy atom. The molecule has 0 spiro atoms. The topological polar surface area (TPSA) is 38.3 Å². The highest BCUT2D eigenvalue weighted by Crippen LogP contribution is 2.24. The summed E-state index contributed by atoms with van der Waals surface area (Å²) in [5, 5.41) is 4.71. The second-order valence-electron chi connectivity index (χ2n) is 3.63. The summed E-state index contributed by atoms with van der Waals surface area (Å²) < 4.78 is 6.14. The van der Waals surface area contributed by atoms with Gasteiger partial charge in [0, 0.05) is 11.0 Å². The standard InChI is InChI=1S/C13H12BrNO2S/c1-17-11-6-7-18-12(11)13(16)15-8-9-2-4-10(14)5-3-9/h2-7H,8H2,1H3,(H,15,16). The van der Waals surface area contributed by atoms with Crippen molar-refractivity contribution in [2.24, 2.45) is 0 Å². The SMILES string of the molecule is COc1ccsc1C(=O)NCc1ccc(Br)cc1. The molecule has 1 heterocycles. The van der Waals surface area contributed by atoms with Gasteiger partial charge in [0.1, 0.15) is 10.6 Å². The van der Waals surface area contributed by atoms with Crippen LogP contribution in [0, 0.1) is 0 Å². The van der Waals surface area contributed by atoms with Crippen LogP contribution in [-0.2, 0) is 6.54 Å². The molecule has 94 valence electrons. The van der Waals surface area contributed by atoms with Crippen molar-refractivity contribution in [2.45, 2.75) is 6.54 Å². The summed E-state index contributed by atoms with van der Waals surface area (Å²) in [6.07, 6.45) is 0. The van der Waals surface area contributed by atoms with Gasteiger partial charge in [0.25, 0.3) is 5.91 Å². The molecule has 2 aromatic rings. The minimum absolute atomic E-state index is 0.107. The molecule has 0 saturated heterocycles. The molecule has 3 nitrogen and oxygen atoms in total. The van der Waals surface area contributed by atoms with Crippen LogP contribution >= 0.6 is 27.3 Å².